The van der Waals surface area contributed by atoms with Crippen molar-refractivity contribution < 1.29 is 19.1 Å². The molecule has 2 aromatic carbocycles. The Kier molecular flexibility index (Phi) is 5.37. The Balaban J connectivity index is 1.53. The first-order valence-corrected chi connectivity index (χ1v) is 10.2. The summed E-state index contributed by atoms with van der Waals surface area (Å²) < 4.78 is 10.7. The number of nitrogens with zero attached hydrogens (tertiary/aromatic N) is 1. The maximum absolute atomic E-state index is 13.0. The van der Waals surface area contributed by atoms with Crippen molar-refractivity contribution in [2.75, 3.05) is 23.6 Å². The number of ether oxygens (including phenoxy) is 2. The molecule has 1 unspecified atom stereocenters. The van der Waals surface area contributed by atoms with Crippen molar-refractivity contribution in [2.45, 2.75) is 33.1 Å². The highest BCUT2D eigenvalue weighted by atomic mass is 35.5. The van der Waals surface area contributed by atoms with E-state index in [0.29, 0.717) is 28.8 Å². The van der Waals surface area contributed by atoms with E-state index in [1.165, 1.54) is 0 Å². The fraction of sp³-hybridized carbons (Fsp3) is 0.364. The van der Waals surface area contributed by atoms with Crippen LogP contribution in [0, 0.1) is 5.92 Å². The van der Waals surface area contributed by atoms with Crippen LogP contribution in [0.3, 0.4) is 0 Å². The van der Waals surface area contributed by atoms with Gasteiger partial charge in [-0.05, 0) is 42.2 Å². The van der Waals surface area contributed by atoms with Crippen LogP contribution in [0.1, 0.15) is 31.4 Å². The van der Waals surface area contributed by atoms with E-state index in [1.807, 2.05) is 32.0 Å². The highest BCUT2D eigenvalue weighted by Gasteiger charge is 2.36. The number of rotatable bonds is 5. The molecule has 1 atom stereocenters. The van der Waals surface area contributed by atoms with E-state index in [-0.39, 0.29) is 25.0 Å². The van der Waals surface area contributed by atoms with Crippen LogP contribution >= 0.6 is 11.6 Å². The maximum atomic E-state index is 13.0. The first kappa shape index (κ1) is 19.6. The molecular weight excluding hydrogens is 392 g/mol. The highest BCUT2D eigenvalue weighted by molar-refractivity contribution is 6.32. The number of fused-ring (bicyclic) bond motifs is 1. The topological polar surface area (TPSA) is 67.9 Å². The van der Waals surface area contributed by atoms with Gasteiger partial charge in [-0.3, -0.25) is 9.59 Å². The lowest BCUT2D eigenvalue weighted by molar-refractivity contribution is -0.122. The van der Waals surface area contributed by atoms with Crippen LogP contribution in [0.15, 0.2) is 30.3 Å². The zero-order valence-corrected chi connectivity index (χ0v) is 17.2. The second-order valence-electron chi connectivity index (χ2n) is 7.20. The summed E-state index contributed by atoms with van der Waals surface area (Å²) in [7, 11) is 0. The second kappa shape index (κ2) is 7.95. The summed E-state index contributed by atoms with van der Waals surface area (Å²) in [5, 5.41) is 3.69. The number of hydrogen-bond acceptors (Lipinski definition) is 4. The van der Waals surface area contributed by atoms with Crippen molar-refractivity contribution in [3.63, 3.8) is 0 Å². The van der Waals surface area contributed by atoms with E-state index < -0.39 is 5.92 Å². The van der Waals surface area contributed by atoms with Crippen molar-refractivity contribution in [1.29, 1.82) is 0 Å². The standard InChI is InChI=1S/C22H23ClN2O4/c1-3-13-5-7-17(23)16(4-2)21(13)24-22(27)14-9-20(26)25(11-14)15-6-8-18-19(10-15)29-12-28-18/h5-8,10,14H,3-4,9,11-12H2,1-2H3,(H,24,27). The summed E-state index contributed by atoms with van der Waals surface area (Å²) in [6.45, 7) is 4.56. The molecule has 0 aromatic heterocycles. The molecular formula is C22H23ClN2O4. The number of nitrogens with one attached hydrogen (secondary N) is 1. The van der Waals surface area contributed by atoms with Crippen LogP contribution in [0.25, 0.3) is 0 Å². The van der Waals surface area contributed by atoms with Gasteiger partial charge in [0.2, 0.25) is 18.6 Å². The number of halogens is 1. The minimum Gasteiger partial charge on any atom is -0.454 e. The Morgan fingerprint density at radius 1 is 1.17 bits per heavy atom. The van der Waals surface area contributed by atoms with Crippen LogP contribution in [0.2, 0.25) is 5.02 Å². The number of hydrogen-bond donors (Lipinski definition) is 1. The average molecular weight is 415 g/mol. The van der Waals surface area contributed by atoms with Crippen molar-refractivity contribution in [3.05, 3.63) is 46.5 Å². The molecule has 0 spiro atoms. The number of carbonyl (C=O) groups is 2. The Hall–Kier alpha value is -2.73. The second-order valence-corrected chi connectivity index (χ2v) is 7.61. The Labute approximate surface area is 174 Å². The van der Waals surface area contributed by atoms with Gasteiger partial charge in [-0.25, -0.2) is 0 Å². The Morgan fingerprint density at radius 3 is 2.72 bits per heavy atom. The van der Waals surface area contributed by atoms with Crippen LogP contribution in [0.4, 0.5) is 11.4 Å². The van der Waals surface area contributed by atoms with Gasteiger partial charge >= 0.3 is 0 Å². The molecule has 2 heterocycles. The van der Waals surface area contributed by atoms with Gasteiger partial charge in [0.1, 0.15) is 0 Å². The smallest absolute Gasteiger partial charge is 0.231 e. The fourth-order valence-electron chi connectivity index (χ4n) is 3.88. The van der Waals surface area contributed by atoms with E-state index in [9.17, 15) is 9.59 Å². The van der Waals surface area contributed by atoms with Crippen molar-refractivity contribution in [2.24, 2.45) is 5.92 Å². The molecule has 0 bridgehead atoms. The maximum Gasteiger partial charge on any atom is 0.231 e. The molecule has 7 heteroatoms. The molecule has 152 valence electrons. The third-order valence-electron chi connectivity index (χ3n) is 5.49. The molecule has 2 aliphatic heterocycles. The number of amides is 2. The first-order chi connectivity index (χ1) is 14.0. The Morgan fingerprint density at radius 2 is 1.97 bits per heavy atom. The number of anilines is 2. The zero-order chi connectivity index (χ0) is 20.5. The predicted molar refractivity (Wildman–Crippen MR) is 112 cm³/mol. The summed E-state index contributed by atoms with van der Waals surface area (Å²) >= 11 is 6.34. The summed E-state index contributed by atoms with van der Waals surface area (Å²) in [6, 6.07) is 9.19. The molecule has 2 aromatic rings. The molecule has 1 saturated heterocycles. The molecule has 2 aliphatic rings. The van der Waals surface area contributed by atoms with Gasteiger partial charge in [-0.1, -0.05) is 31.5 Å². The van der Waals surface area contributed by atoms with Gasteiger partial charge in [0.15, 0.2) is 11.5 Å². The Bertz CT molecular complexity index is 976. The molecule has 0 aliphatic carbocycles. The SMILES string of the molecule is CCc1ccc(Cl)c(CC)c1NC(=O)C1CC(=O)N(c2ccc3c(c2)OCO3)C1. The lowest BCUT2D eigenvalue weighted by Crippen LogP contribution is -2.28. The summed E-state index contributed by atoms with van der Waals surface area (Å²) in [5.74, 6) is 0.605. The van der Waals surface area contributed by atoms with Gasteiger partial charge in [0.05, 0.1) is 5.92 Å². The largest absolute Gasteiger partial charge is 0.454 e. The van der Waals surface area contributed by atoms with Gasteiger partial charge in [-0.2, -0.15) is 0 Å². The fourth-order valence-corrected chi connectivity index (χ4v) is 4.17. The molecule has 1 fully saturated rings. The van der Waals surface area contributed by atoms with Crippen molar-refractivity contribution in [3.8, 4) is 11.5 Å². The average Bonchev–Trinajstić information content (AvgIpc) is 3.34. The van der Waals surface area contributed by atoms with Gasteiger partial charge in [0, 0.05) is 35.4 Å². The highest BCUT2D eigenvalue weighted by Crippen LogP contribution is 2.37. The monoisotopic (exact) mass is 414 g/mol. The van der Waals surface area contributed by atoms with Crippen LogP contribution < -0.4 is 19.7 Å². The molecule has 2 amide bonds. The van der Waals surface area contributed by atoms with E-state index in [0.717, 1.165) is 29.7 Å². The molecule has 0 radical (unpaired) electrons. The summed E-state index contributed by atoms with van der Waals surface area (Å²) in [5.41, 5.74) is 3.45. The van der Waals surface area contributed by atoms with Crippen molar-refractivity contribution in [1.82, 2.24) is 0 Å². The molecule has 4 rings (SSSR count). The summed E-state index contributed by atoms with van der Waals surface area (Å²) in [4.78, 5) is 27.2. The number of benzene rings is 2. The molecule has 0 saturated carbocycles. The van der Waals surface area contributed by atoms with Gasteiger partial charge < -0.3 is 19.7 Å². The van der Waals surface area contributed by atoms with Crippen LogP contribution in [-0.4, -0.2) is 25.2 Å². The zero-order valence-electron chi connectivity index (χ0n) is 16.5. The van der Waals surface area contributed by atoms with Gasteiger partial charge in [0.25, 0.3) is 0 Å². The first-order valence-electron chi connectivity index (χ1n) is 9.83. The molecule has 6 nitrogen and oxygen atoms in total. The van der Waals surface area contributed by atoms with E-state index in [2.05, 4.69) is 5.32 Å². The number of carbonyl (C=O) groups excluding carboxylic acids is 2. The molecule has 1 N–H and O–H groups in total. The van der Waals surface area contributed by atoms with Crippen LogP contribution in [0.5, 0.6) is 11.5 Å². The lowest BCUT2D eigenvalue weighted by atomic mass is 10.0. The molecule has 29 heavy (non-hydrogen) atoms. The minimum absolute atomic E-state index is 0.0819. The minimum atomic E-state index is -0.429. The third-order valence-corrected chi connectivity index (χ3v) is 5.84. The predicted octanol–water partition coefficient (Wildman–Crippen LogP) is 4.19. The lowest BCUT2D eigenvalue weighted by Gasteiger charge is -2.19. The van der Waals surface area contributed by atoms with Crippen molar-refractivity contribution >= 4 is 34.8 Å². The quantitative estimate of drug-likeness (QED) is 0.796. The third kappa shape index (κ3) is 3.65. The van der Waals surface area contributed by atoms with E-state index in [4.69, 9.17) is 21.1 Å². The van der Waals surface area contributed by atoms with Crippen LogP contribution in [-0.2, 0) is 22.4 Å². The normalized spacial score (nSPS) is 17.7. The number of aryl methyl sites for hydroxylation is 1. The summed E-state index contributed by atoms with van der Waals surface area (Å²) in [6.07, 6.45) is 1.67. The van der Waals surface area contributed by atoms with E-state index >= 15 is 0 Å². The van der Waals surface area contributed by atoms with Gasteiger partial charge in [-0.15, -0.1) is 0 Å². The van der Waals surface area contributed by atoms with E-state index in [1.54, 1.807) is 17.0 Å².